The number of nitrogens with one attached hydrogen (secondary N) is 3. The van der Waals surface area contributed by atoms with Crippen LogP contribution in [0.25, 0.3) is 0 Å². The van der Waals surface area contributed by atoms with Crippen LogP contribution >= 0.6 is 0 Å². The molecule has 0 bridgehead atoms. The largest absolute Gasteiger partial charge is 0.336 e. The Morgan fingerprint density at radius 3 is 2.28 bits per heavy atom. The average molecular weight is 400 g/mol. The minimum atomic E-state index is -0.192. The Balaban J connectivity index is 1.97. The summed E-state index contributed by atoms with van der Waals surface area (Å²) < 4.78 is 1.94. The van der Waals surface area contributed by atoms with Gasteiger partial charge in [0.05, 0.1) is 17.1 Å². The van der Waals surface area contributed by atoms with Crippen LogP contribution in [0.15, 0.2) is 30.3 Å². The third-order valence-corrected chi connectivity index (χ3v) is 5.10. The van der Waals surface area contributed by atoms with Crippen LogP contribution in [0.5, 0.6) is 0 Å². The number of anilines is 1. The molecule has 1 aromatic heterocycles. The van der Waals surface area contributed by atoms with E-state index in [9.17, 15) is 4.79 Å². The van der Waals surface area contributed by atoms with Crippen LogP contribution < -0.4 is 16.0 Å². The summed E-state index contributed by atoms with van der Waals surface area (Å²) in [5.74, 6) is 0.536. The van der Waals surface area contributed by atoms with Gasteiger partial charge in [0.25, 0.3) is 0 Å². The number of carbonyl (C=O) groups is 1. The van der Waals surface area contributed by atoms with E-state index in [1.165, 1.54) is 5.56 Å². The zero-order chi connectivity index (χ0) is 21.6. The molecule has 0 aliphatic rings. The SMILES string of the molecule is Cc1nn(C(C)C)c(C)c1NC(=O)NC[C@H](CC(C)C)N[C@H](C)c1ccccc1. The van der Waals surface area contributed by atoms with Crippen molar-refractivity contribution in [2.75, 3.05) is 11.9 Å². The fourth-order valence-electron chi connectivity index (χ4n) is 3.69. The number of aromatic nitrogens is 2. The number of aryl methyl sites for hydroxylation is 1. The topological polar surface area (TPSA) is 71.0 Å². The maximum Gasteiger partial charge on any atom is 0.319 e. The van der Waals surface area contributed by atoms with E-state index in [2.05, 4.69) is 79.9 Å². The van der Waals surface area contributed by atoms with Crippen molar-refractivity contribution in [2.45, 2.75) is 73.0 Å². The van der Waals surface area contributed by atoms with Gasteiger partial charge in [-0.1, -0.05) is 44.2 Å². The molecule has 0 unspecified atom stereocenters. The summed E-state index contributed by atoms with van der Waals surface area (Å²) >= 11 is 0. The summed E-state index contributed by atoms with van der Waals surface area (Å²) in [6.45, 7) is 15.2. The molecule has 160 valence electrons. The molecule has 2 atom stereocenters. The Labute approximate surface area is 175 Å². The van der Waals surface area contributed by atoms with Crippen LogP contribution in [-0.2, 0) is 0 Å². The van der Waals surface area contributed by atoms with Gasteiger partial charge < -0.3 is 16.0 Å². The standard InChI is InChI=1S/C23H37N5O/c1-15(2)13-21(25-17(5)20-11-9-8-10-12-20)14-24-23(29)26-22-18(6)27-28(16(3)4)19(22)7/h8-12,15-17,21,25H,13-14H2,1-7H3,(H2,24,26,29)/t17-,21+/m1/s1. The van der Waals surface area contributed by atoms with Crippen molar-refractivity contribution in [3.63, 3.8) is 0 Å². The Morgan fingerprint density at radius 2 is 1.72 bits per heavy atom. The van der Waals surface area contributed by atoms with Gasteiger partial charge in [0.2, 0.25) is 0 Å². The van der Waals surface area contributed by atoms with Gasteiger partial charge in [-0.3, -0.25) is 4.68 Å². The molecule has 29 heavy (non-hydrogen) atoms. The van der Waals surface area contributed by atoms with Gasteiger partial charge in [0, 0.05) is 24.7 Å². The highest BCUT2D eigenvalue weighted by Gasteiger charge is 2.18. The molecule has 0 radical (unpaired) electrons. The van der Waals surface area contributed by atoms with Gasteiger partial charge in [0.15, 0.2) is 0 Å². The second kappa shape index (κ2) is 10.4. The van der Waals surface area contributed by atoms with Gasteiger partial charge >= 0.3 is 6.03 Å². The highest BCUT2D eigenvalue weighted by Crippen LogP contribution is 2.22. The molecule has 0 aliphatic carbocycles. The highest BCUT2D eigenvalue weighted by atomic mass is 16.2. The maximum atomic E-state index is 12.6. The molecule has 2 amide bonds. The number of amides is 2. The molecule has 2 aromatic rings. The van der Waals surface area contributed by atoms with Crippen LogP contribution in [0.1, 0.15) is 70.1 Å². The van der Waals surface area contributed by atoms with Gasteiger partial charge in [-0.2, -0.15) is 5.10 Å². The second-order valence-electron chi connectivity index (χ2n) is 8.54. The average Bonchev–Trinajstić information content (AvgIpc) is 2.94. The zero-order valence-corrected chi connectivity index (χ0v) is 18.9. The Kier molecular flexibility index (Phi) is 8.26. The second-order valence-corrected chi connectivity index (χ2v) is 8.54. The summed E-state index contributed by atoms with van der Waals surface area (Å²) in [6.07, 6.45) is 0.987. The third kappa shape index (κ3) is 6.60. The number of hydrogen-bond donors (Lipinski definition) is 3. The van der Waals surface area contributed by atoms with Crippen molar-refractivity contribution < 1.29 is 4.79 Å². The molecule has 0 spiro atoms. The molecule has 0 saturated heterocycles. The minimum Gasteiger partial charge on any atom is -0.336 e. The number of rotatable bonds is 9. The molecule has 1 heterocycles. The normalized spacial score (nSPS) is 13.6. The van der Waals surface area contributed by atoms with E-state index in [1.54, 1.807) is 0 Å². The van der Waals surface area contributed by atoms with Crippen molar-refractivity contribution in [1.29, 1.82) is 0 Å². The molecular weight excluding hydrogens is 362 g/mol. The van der Waals surface area contributed by atoms with Crippen molar-refractivity contribution in [1.82, 2.24) is 20.4 Å². The molecule has 6 nitrogen and oxygen atoms in total. The van der Waals surface area contributed by atoms with Crippen LogP contribution in [-0.4, -0.2) is 28.4 Å². The summed E-state index contributed by atoms with van der Waals surface area (Å²) in [6, 6.07) is 10.9. The highest BCUT2D eigenvalue weighted by molar-refractivity contribution is 5.90. The first-order valence-corrected chi connectivity index (χ1v) is 10.6. The van der Waals surface area contributed by atoms with Gasteiger partial charge in [-0.25, -0.2) is 4.79 Å². The van der Waals surface area contributed by atoms with E-state index in [0.29, 0.717) is 12.5 Å². The Morgan fingerprint density at radius 1 is 1.07 bits per heavy atom. The van der Waals surface area contributed by atoms with Crippen molar-refractivity contribution >= 4 is 11.7 Å². The van der Waals surface area contributed by atoms with Crippen molar-refractivity contribution in [2.24, 2.45) is 5.92 Å². The molecule has 0 aliphatic heterocycles. The fraction of sp³-hybridized carbons (Fsp3) is 0.565. The Bertz CT molecular complexity index is 782. The van der Waals surface area contributed by atoms with Crippen LogP contribution in [0.3, 0.4) is 0 Å². The van der Waals surface area contributed by atoms with E-state index in [1.807, 2.05) is 24.6 Å². The Hall–Kier alpha value is -2.34. The quantitative estimate of drug-likeness (QED) is 0.558. The van der Waals surface area contributed by atoms with Crippen LogP contribution in [0.4, 0.5) is 10.5 Å². The van der Waals surface area contributed by atoms with Crippen molar-refractivity contribution in [3.05, 3.63) is 47.3 Å². The number of hydrogen-bond acceptors (Lipinski definition) is 3. The zero-order valence-electron chi connectivity index (χ0n) is 18.9. The fourth-order valence-corrected chi connectivity index (χ4v) is 3.69. The lowest BCUT2D eigenvalue weighted by atomic mass is 10.0. The monoisotopic (exact) mass is 399 g/mol. The summed E-state index contributed by atoms with van der Waals surface area (Å²) in [5, 5.41) is 14.2. The lowest BCUT2D eigenvalue weighted by molar-refractivity contribution is 0.249. The molecule has 6 heteroatoms. The van der Waals surface area contributed by atoms with Gasteiger partial charge in [0.1, 0.15) is 0 Å². The van der Waals surface area contributed by atoms with E-state index >= 15 is 0 Å². The molecule has 0 fully saturated rings. The van der Waals surface area contributed by atoms with Gasteiger partial charge in [-0.05, 0) is 52.5 Å². The molecule has 1 aromatic carbocycles. The van der Waals surface area contributed by atoms with Crippen LogP contribution in [0.2, 0.25) is 0 Å². The van der Waals surface area contributed by atoms with E-state index in [-0.39, 0.29) is 24.2 Å². The molecule has 3 N–H and O–H groups in total. The number of benzene rings is 1. The molecule has 2 rings (SSSR count). The summed E-state index contributed by atoms with van der Waals surface area (Å²) in [4.78, 5) is 12.6. The first-order chi connectivity index (χ1) is 13.7. The lowest BCUT2D eigenvalue weighted by Gasteiger charge is -2.25. The lowest BCUT2D eigenvalue weighted by Crippen LogP contribution is -2.44. The predicted octanol–water partition coefficient (Wildman–Crippen LogP) is 4.97. The van der Waals surface area contributed by atoms with Gasteiger partial charge in [-0.15, -0.1) is 0 Å². The molecule has 0 saturated carbocycles. The van der Waals surface area contributed by atoms with Crippen LogP contribution in [0, 0.1) is 19.8 Å². The minimum absolute atomic E-state index is 0.191. The maximum absolute atomic E-state index is 12.6. The van der Waals surface area contributed by atoms with E-state index < -0.39 is 0 Å². The third-order valence-electron chi connectivity index (χ3n) is 5.10. The number of nitrogens with zero attached hydrogens (tertiary/aromatic N) is 2. The number of carbonyl (C=O) groups excluding carboxylic acids is 1. The number of urea groups is 1. The van der Waals surface area contributed by atoms with Crippen molar-refractivity contribution in [3.8, 4) is 0 Å². The summed E-state index contributed by atoms with van der Waals surface area (Å²) in [7, 11) is 0. The first-order valence-electron chi connectivity index (χ1n) is 10.6. The summed E-state index contributed by atoms with van der Waals surface area (Å²) in [5.41, 5.74) is 3.85. The first kappa shape index (κ1) is 22.9. The van der Waals surface area contributed by atoms with E-state index in [4.69, 9.17) is 0 Å². The molecular formula is C23H37N5O. The smallest absolute Gasteiger partial charge is 0.319 e. The predicted molar refractivity (Wildman–Crippen MR) is 120 cm³/mol. The van der Waals surface area contributed by atoms with E-state index in [0.717, 1.165) is 23.5 Å².